The first-order valence-electron chi connectivity index (χ1n) is 7.40. The summed E-state index contributed by atoms with van der Waals surface area (Å²) in [7, 11) is -8.46. The SMILES string of the molecule is CO[C@H](COP(=O)(O)CP(=O)(O)O)[C@@H](O)[C@@H](O)n1cnc2c(N)nc(F)nc21. The second-order valence-corrected chi connectivity index (χ2v) is 9.61. The number of aliphatic hydroxyl groups excluding tert-OH is 2. The highest BCUT2D eigenvalue weighted by Crippen LogP contribution is 2.55. The van der Waals surface area contributed by atoms with Gasteiger partial charge in [-0.1, -0.05) is 0 Å². The van der Waals surface area contributed by atoms with Gasteiger partial charge in [-0.15, -0.1) is 0 Å². The van der Waals surface area contributed by atoms with Crippen LogP contribution in [-0.2, 0) is 18.4 Å². The smallest absolute Gasteiger partial charge is 0.340 e. The minimum Gasteiger partial charge on any atom is -0.386 e. The monoisotopic (exact) mass is 445 g/mol. The van der Waals surface area contributed by atoms with Gasteiger partial charge in [0.2, 0.25) is 0 Å². The van der Waals surface area contributed by atoms with E-state index in [9.17, 15) is 28.6 Å². The largest absolute Gasteiger partial charge is 0.386 e. The van der Waals surface area contributed by atoms with Crippen LogP contribution in [-0.4, -0.2) is 76.2 Å². The highest BCUT2D eigenvalue weighted by atomic mass is 31.2. The van der Waals surface area contributed by atoms with Crippen molar-refractivity contribution in [1.82, 2.24) is 19.5 Å². The van der Waals surface area contributed by atoms with Gasteiger partial charge in [-0.25, -0.2) is 4.98 Å². The molecule has 0 saturated heterocycles. The summed E-state index contributed by atoms with van der Waals surface area (Å²) in [6.45, 7) is -0.805. The molecule has 0 aliphatic carbocycles. The zero-order chi connectivity index (χ0) is 21.3. The maximum absolute atomic E-state index is 13.4. The molecule has 2 aromatic rings. The maximum atomic E-state index is 13.4. The number of nitrogens with zero attached hydrogens (tertiary/aromatic N) is 4. The number of aromatic nitrogens is 4. The van der Waals surface area contributed by atoms with Crippen molar-refractivity contribution >= 4 is 32.2 Å². The number of ether oxygens (including phenoxy) is 1. The summed E-state index contributed by atoms with van der Waals surface area (Å²) in [5, 5.41) is 20.6. The van der Waals surface area contributed by atoms with Crippen LogP contribution in [0.4, 0.5) is 10.2 Å². The molecule has 0 aliphatic heterocycles. The van der Waals surface area contributed by atoms with Crippen LogP contribution in [0.25, 0.3) is 11.2 Å². The second kappa shape index (κ2) is 8.45. The van der Waals surface area contributed by atoms with Gasteiger partial charge >= 0.3 is 21.3 Å². The Morgan fingerprint density at radius 1 is 1.29 bits per heavy atom. The Morgan fingerprint density at radius 2 is 1.93 bits per heavy atom. The van der Waals surface area contributed by atoms with Crippen molar-refractivity contribution in [2.24, 2.45) is 0 Å². The van der Waals surface area contributed by atoms with Crippen LogP contribution in [0, 0.1) is 6.08 Å². The summed E-state index contributed by atoms with van der Waals surface area (Å²) in [4.78, 5) is 37.5. The lowest BCUT2D eigenvalue weighted by Gasteiger charge is -2.27. The number of hydrogen-bond acceptors (Lipinski definition) is 10. The van der Waals surface area contributed by atoms with Gasteiger partial charge in [0.15, 0.2) is 29.1 Å². The van der Waals surface area contributed by atoms with E-state index >= 15 is 0 Å². The van der Waals surface area contributed by atoms with Gasteiger partial charge in [0.05, 0.1) is 12.9 Å². The molecule has 1 unspecified atom stereocenters. The summed E-state index contributed by atoms with van der Waals surface area (Å²) in [5.74, 6) is -1.73. The number of aliphatic hydroxyl groups is 2. The van der Waals surface area contributed by atoms with Crippen molar-refractivity contribution in [3.05, 3.63) is 12.4 Å². The van der Waals surface area contributed by atoms with Crippen molar-refractivity contribution in [3.8, 4) is 0 Å². The quantitative estimate of drug-likeness (QED) is 0.196. The normalized spacial score (nSPS) is 18.0. The van der Waals surface area contributed by atoms with Gasteiger partial charge in [0, 0.05) is 7.11 Å². The molecule has 7 N–H and O–H groups in total. The minimum atomic E-state index is -4.84. The maximum Gasteiger partial charge on any atom is 0.340 e. The Balaban J connectivity index is 2.18. The van der Waals surface area contributed by atoms with Gasteiger partial charge < -0.3 is 39.9 Å². The molecule has 4 atom stereocenters. The molecule has 0 radical (unpaired) electrons. The molecule has 2 aromatic heterocycles. The predicted molar refractivity (Wildman–Crippen MR) is 90.4 cm³/mol. The molecular weight excluding hydrogens is 427 g/mol. The van der Waals surface area contributed by atoms with E-state index in [1.807, 2.05) is 0 Å². The molecule has 0 spiro atoms. The van der Waals surface area contributed by atoms with Crippen LogP contribution in [0.2, 0.25) is 0 Å². The lowest BCUT2D eigenvalue weighted by molar-refractivity contribution is -0.113. The van der Waals surface area contributed by atoms with Gasteiger partial charge in [0.25, 0.3) is 0 Å². The highest BCUT2D eigenvalue weighted by molar-refractivity contribution is 7.70. The Kier molecular flexibility index (Phi) is 6.86. The first-order chi connectivity index (χ1) is 12.8. The summed E-state index contributed by atoms with van der Waals surface area (Å²) >= 11 is 0. The lowest BCUT2D eigenvalue weighted by atomic mass is 10.2. The van der Waals surface area contributed by atoms with Crippen molar-refractivity contribution in [2.45, 2.75) is 18.4 Å². The number of halogens is 1. The number of nitrogen functional groups attached to an aromatic ring is 1. The molecule has 28 heavy (non-hydrogen) atoms. The fraction of sp³-hybridized carbons (Fsp3) is 0.545. The molecule has 158 valence electrons. The first kappa shape index (κ1) is 22.7. The molecule has 2 rings (SSSR count). The Bertz CT molecular complexity index is 937. The van der Waals surface area contributed by atoms with Crippen molar-refractivity contribution in [2.75, 3.05) is 25.4 Å². The predicted octanol–water partition coefficient (Wildman–Crippen LogP) is -1.25. The average molecular weight is 445 g/mol. The molecular formula is C11H18FN5O9P2. The molecule has 0 aromatic carbocycles. The number of methoxy groups -OCH3 is 1. The Morgan fingerprint density at radius 3 is 2.50 bits per heavy atom. The third kappa shape index (κ3) is 5.50. The number of fused-ring (bicyclic) bond motifs is 1. The van der Waals surface area contributed by atoms with Crippen LogP contribution in [0.15, 0.2) is 6.33 Å². The van der Waals surface area contributed by atoms with E-state index in [-0.39, 0.29) is 17.0 Å². The second-order valence-electron chi connectivity index (χ2n) is 5.62. The third-order valence-electron chi connectivity index (χ3n) is 3.50. The Hall–Kier alpha value is -1.54. The number of hydrogen-bond donors (Lipinski definition) is 6. The van der Waals surface area contributed by atoms with E-state index in [1.54, 1.807) is 0 Å². The zero-order valence-electron chi connectivity index (χ0n) is 14.2. The molecule has 17 heteroatoms. The fourth-order valence-electron chi connectivity index (χ4n) is 2.23. The summed E-state index contributed by atoms with van der Waals surface area (Å²) in [5.41, 5.74) is 5.22. The van der Waals surface area contributed by atoms with E-state index in [0.717, 1.165) is 18.0 Å². The topological polar surface area (TPSA) is 223 Å². The number of anilines is 1. The van der Waals surface area contributed by atoms with E-state index < -0.39 is 52.2 Å². The summed E-state index contributed by atoms with van der Waals surface area (Å²) in [6, 6.07) is 0. The molecule has 2 heterocycles. The van der Waals surface area contributed by atoms with Gasteiger partial charge in [-0.3, -0.25) is 13.7 Å². The van der Waals surface area contributed by atoms with E-state index in [2.05, 4.69) is 19.5 Å². The number of imidazole rings is 1. The summed E-state index contributed by atoms with van der Waals surface area (Å²) in [6.07, 6.45) is -5.25. The van der Waals surface area contributed by atoms with Crippen LogP contribution in [0.1, 0.15) is 6.23 Å². The van der Waals surface area contributed by atoms with Gasteiger partial charge in [-0.05, 0) is 0 Å². The van der Waals surface area contributed by atoms with E-state index in [0.29, 0.717) is 0 Å². The molecule has 0 bridgehead atoms. The standard InChI is InChI=1S/C11H18FN5O9P2/c1-25-5(2-26-28(23,24)4-27(20,21)22)7(18)10(19)17-3-14-6-8(13)15-11(12)16-9(6)17/h3,5,7,10,18-19H,2,4H2,1H3,(H,23,24)(H2,13,15,16)(H2,20,21,22)/t5-,7-,10-/m1/s1. The molecule has 0 aliphatic rings. The van der Waals surface area contributed by atoms with E-state index in [1.165, 1.54) is 0 Å². The average Bonchev–Trinajstić information content (AvgIpc) is 2.96. The van der Waals surface area contributed by atoms with Gasteiger partial charge in [0.1, 0.15) is 12.2 Å². The van der Waals surface area contributed by atoms with Crippen LogP contribution < -0.4 is 5.73 Å². The zero-order valence-corrected chi connectivity index (χ0v) is 16.0. The van der Waals surface area contributed by atoms with Crippen molar-refractivity contribution in [3.63, 3.8) is 0 Å². The first-order valence-corrected chi connectivity index (χ1v) is 11.0. The fourth-order valence-corrected chi connectivity index (χ4v) is 4.80. The summed E-state index contributed by atoms with van der Waals surface area (Å²) < 4.78 is 46.2. The molecule has 14 nitrogen and oxygen atoms in total. The van der Waals surface area contributed by atoms with E-state index in [4.69, 9.17) is 20.3 Å². The Labute approximate surface area is 156 Å². The van der Waals surface area contributed by atoms with Crippen LogP contribution in [0.3, 0.4) is 0 Å². The van der Waals surface area contributed by atoms with Crippen molar-refractivity contribution < 1.29 is 47.7 Å². The highest BCUT2D eigenvalue weighted by Gasteiger charge is 2.35. The molecule has 0 fully saturated rings. The van der Waals surface area contributed by atoms with Crippen molar-refractivity contribution in [1.29, 1.82) is 0 Å². The number of rotatable bonds is 9. The van der Waals surface area contributed by atoms with Crippen LogP contribution >= 0.6 is 15.2 Å². The van der Waals surface area contributed by atoms with Crippen LogP contribution in [0.5, 0.6) is 0 Å². The lowest BCUT2D eigenvalue weighted by Crippen LogP contribution is -2.39. The molecule has 0 saturated carbocycles. The minimum absolute atomic E-state index is 0.0422. The number of nitrogens with two attached hydrogens (primary N) is 1. The third-order valence-corrected chi connectivity index (χ3v) is 6.95. The van der Waals surface area contributed by atoms with Gasteiger partial charge in [-0.2, -0.15) is 14.4 Å². The molecule has 0 amide bonds.